The minimum atomic E-state index is -0.447. The second kappa shape index (κ2) is 3.62. The predicted octanol–water partition coefficient (Wildman–Crippen LogP) is -0.600. The first kappa shape index (κ1) is 12.3. The summed E-state index contributed by atoms with van der Waals surface area (Å²) in [5, 5.41) is 10.8. The maximum atomic E-state index is 10.8. The molecule has 0 radical (unpaired) electrons. The molecular weight excluding hydrogens is 258 g/mol. The van der Waals surface area contributed by atoms with Crippen LogP contribution in [-0.4, -0.2) is 31.1 Å². The number of nitro groups is 1. The number of hydrogen-bond donors (Lipinski definition) is 2. The van der Waals surface area contributed by atoms with Gasteiger partial charge in [-0.1, -0.05) is 0 Å². The third-order valence-corrected chi connectivity index (χ3v) is 5.36. The smallest absolute Gasteiger partial charge is 0.392 e. The molecule has 6 nitrogen and oxygen atoms in total. The average molecular weight is 279 g/mol. The van der Waals surface area contributed by atoms with Gasteiger partial charge in [0.25, 0.3) is 6.17 Å². The molecule has 5 heterocycles. The molecule has 0 unspecified atom stereocenters. The quantitative estimate of drug-likeness (QED) is 0.561. The number of nitrogens with zero attached hydrogens (tertiary/aromatic N) is 1. The van der Waals surface area contributed by atoms with Gasteiger partial charge in [-0.05, 0) is 20.3 Å². The van der Waals surface area contributed by atoms with Gasteiger partial charge in [0.1, 0.15) is 4.92 Å². The number of rotatable bonds is 2. The van der Waals surface area contributed by atoms with Crippen LogP contribution in [0.25, 0.3) is 0 Å². The van der Waals surface area contributed by atoms with Gasteiger partial charge in [-0.2, -0.15) is 0 Å². The maximum absolute atomic E-state index is 10.8. The molecule has 0 aromatic carbocycles. The molecule has 6 heteroatoms. The summed E-state index contributed by atoms with van der Waals surface area (Å²) in [6.45, 7) is 9.42. The third kappa shape index (κ3) is 1.64. The monoisotopic (exact) mass is 279 g/mol. The normalized spacial score (nSPS) is 45.8. The molecule has 4 fully saturated rings. The fourth-order valence-corrected chi connectivity index (χ4v) is 5.42. The molecule has 4 saturated heterocycles. The van der Waals surface area contributed by atoms with E-state index in [4.69, 9.17) is 4.42 Å². The van der Waals surface area contributed by atoms with E-state index < -0.39 is 4.92 Å². The van der Waals surface area contributed by atoms with Crippen molar-refractivity contribution in [3.8, 4) is 0 Å². The van der Waals surface area contributed by atoms with Crippen molar-refractivity contribution in [2.45, 2.75) is 26.4 Å². The molecule has 4 aliphatic heterocycles. The topological polar surface area (TPSA) is 65.2 Å². The summed E-state index contributed by atoms with van der Waals surface area (Å²) in [4.78, 5) is 13.4. The van der Waals surface area contributed by atoms with Gasteiger partial charge in [-0.25, -0.2) is 0 Å². The lowest BCUT2D eigenvalue weighted by Gasteiger charge is -2.59. The van der Waals surface area contributed by atoms with Crippen LogP contribution in [0.15, 0.2) is 16.5 Å². The minimum Gasteiger partial charge on any atom is -0.392 e. The van der Waals surface area contributed by atoms with Crippen LogP contribution < -0.4 is 9.80 Å². The van der Waals surface area contributed by atoms with Crippen molar-refractivity contribution in [1.29, 1.82) is 0 Å². The fraction of sp³-hybridized carbons (Fsp3) is 0.714. The second-order valence-corrected chi connectivity index (χ2v) is 7.69. The van der Waals surface area contributed by atoms with Gasteiger partial charge in [-0.3, -0.25) is 19.9 Å². The Hall–Kier alpha value is -1.40. The molecule has 2 N–H and O–H groups in total. The molecule has 4 bridgehead atoms. The van der Waals surface area contributed by atoms with Crippen molar-refractivity contribution in [3.63, 3.8) is 0 Å². The summed E-state index contributed by atoms with van der Waals surface area (Å²) < 4.78 is 5.50. The van der Waals surface area contributed by atoms with Gasteiger partial charge in [0.2, 0.25) is 5.76 Å². The first-order valence-electron chi connectivity index (χ1n) is 7.31. The van der Waals surface area contributed by atoms with Crippen LogP contribution in [0.4, 0.5) is 5.88 Å². The van der Waals surface area contributed by atoms with E-state index in [9.17, 15) is 10.1 Å². The summed E-state index contributed by atoms with van der Waals surface area (Å²) in [5.74, 6) is 0.653. The molecule has 108 valence electrons. The molecule has 4 aliphatic rings. The van der Waals surface area contributed by atoms with Crippen molar-refractivity contribution < 1.29 is 19.1 Å². The first-order chi connectivity index (χ1) is 9.38. The first-order valence-corrected chi connectivity index (χ1v) is 7.31. The molecule has 0 spiro atoms. The highest BCUT2D eigenvalue weighted by atomic mass is 16.6. The van der Waals surface area contributed by atoms with E-state index in [1.54, 1.807) is 6.07 Å². The second-order valence-electron chi connectivity index (χ2n) is 7.69. The number of furan rings is 1. The Morgan fingerprint density at radius 1 is 1.20 bits per heavy atom. The van der Waals surface area contributed by atoms with E-state index in [0.717, 1.165) is 31.9 Å². The maximum Gasteiger partial charge on any atom is 0.433 e. The lowest BCUT2D eigenvalue weighted by atomic mass is 9.63. The third-order valence-electron chi connectivity index (χ3n) is 5.36. The van der Waals surface area contributed by atoms with Crippen LogP contribution in [-0.2, 0) is 0 Å². The number of hydrogen-bond acceptors (Lipinski definition) is 3. The molecule has 1 aromatic rings. The largest absolute Gasteiger partial charge is 0.433 e. The van der Waals surface area contributed by atoms with Crippen LogP contribution in [0.1, 0.15) is 32.2 Å². The zero-order valence-electron chi connectivity index (χ0n) is 11.9. The Labute approximate surface area is 117 Å². The highest BCUT2D eigenvalue weighted by molar-refractivity contribution is 5.18. The van der Waals surface area contributed by atoms with Gasteiger partial charge in [0.15, 0.2) is 0 Å². The predicted molar refractivity (Wildman–Crippen MR) is 70.3 cm³/mol. The van der Waals surface area contributed by atoms with Gasteiger partial charge in [-0.15, -0.1) is 0 Å². The Bertz CT molecular complexity index is 546. The molecule has 0 saturated carbocycles. The molecule has 0 atom stereocenters. The average Bonchev–Trinajstić information content (AvgIpc) is 2.73. The Morgan fingerprint density at radius 2 is 1.75 bits per heavy atom. The molecule has 1 aromatic heterocycles. The van der Waals surface area contributed by atoms with E-state index >= 15 is 0 Å². The molecule has 20 heavy (non-hydrogen) atoms. The molecule has 0 aliphatic carbocycles. The van der Waals surface area contributed by atoms with Crippen molar-refractivity contribution in [1.82, 2.24) is 0 Å². The van der Waals surface area contributed by atoms with Gasteiger partial charge in [0, 0.05) is 6.07 Å². The van der Waals surface area contributed by atoms with Gasteiger partial charge >= 0.3 is 5.88 Å². The fourth-order valence-electron chi connectivity index (χ4n) is 5.42. The lowest BCUT2D eigenvalue weighted by Crippen LogP contribution is -3.40. The number of nitrogens with one attached hydrogen (secondary N) is 2. The minimum absolute atomic E-state index is 0.132. The van der Waals surface area contributed by atoms with E-state index in [-0.39, 0.29) is 12.0 Å². The lowest BCUT2D eigenvalue weighted by molar-refractivity contribution is -1.19. The summed E-state index contributed by atoms with van der Waals surface area (Å²) in [6, 6.07) is 3.29. The van der Waals surface area contributed by atoms with E-state index in [2.05, 4.69) is 13.8 Å². The van der Waals surface area contributed by atoms with E-state index in [1.165, 1.54) is 22.3 Å². The van der Waals surface area contributed by atoms with Crippen LogP contribution in [0.5, 0.6) is 0 Å². The van der Waals surface area contributed by atoms with Crippen molar-refractivity contribution in [2.24, 2.45) is 10.8 Å². The molecule has 0 amide bonds. The van der Waals surface area contributed by atoms with Crippen molar-refractivity contribution in [3.05, 3.63) is 28.0 Å². The van der Waals surface area contributed by atoms with Crippen molar-refractivity contribution in [2.75, 3.05) is 26.2 Å². The zero-order valence-corrected chi connectivity index (χ0v) is 11.9. The highest BCUT2D eigenvalue weighted by Gasteiger charge is 2.63. The van der Waals surface area contributed by atoms with Gasteiger partial charge in [0.05, 0.1) is 43.1 Å². The van der Waals surface area contributed by atoms with Crippen molar-refractivity contribution >= 4 is 5.88 Å². The number of piperidine rings is 2. The van der Waals surface area contributed by atoms with Crippen LogP contribution in [0.3, 0.4) is 0 Å². The van der Waals surface area contributed by atoms with E-state index in [0.29, 0.717) is 10.8 Å². The van der Waals surface area contributed by atoms with E-state index in [1.807, 2.05) is 0 Å². The van der Waals surface area contributed by atoms with Crippen LogP contribution in [0.2, 0.25) is 0 Å². The molecule has 5 rings (SSSR count). The Kier molecular flexibility index (Phi) is 2.24. The zero-order chi connectivity index (χ0) is 14.1. The van der Waals surface area contributed by atoms with Gasteiger partial charge < -0.3 is 4.42 Å². The van der Waals surface area contributed by atoms with Crippen LogP contribution in [0, 0.1) is 20.9 Å². The number of quaternary nitrogens is 2. The standard InChI is InChI=1S/C14H19N3O3/c1-13-5-14(2)8-15(6-13)12(16(7-13)9-14)10-3-4-11(20-10)17(18)19/h3-4,12H,5-9H2,1-2H3/p+2. The SMILES string of the molecule is CC12C[NH+]3CC(C)(C[NH+](C1)C3c1ccc([N+](=O)[O-])o1)C2. The molecular formula is C14H21N3O3+2. The Balaban J connectivity index is 1.69. The summed E-state index contributed by atoms with van der Waals surface area (Å²) in [6.07, 6.45) is 1.56. The summed E-state index contributed by atoms with van der Waals surface area (Å²) in [5.41, 5.74) is 0.843. The summed E-state index contributed by atoms with van der Waals surface area (Å²) >= 11 is 0. The van der Waals surface area contributed by atoms with Crippen LogP contribution >= 0.6 is 0 Å². The summed E-state index contributed by atoms with van der Waals surface area (Å²) in [7, 11) is 0. The highest BCUT2D eigenvalue weighted by Crippen LogP contribution is 2.39. The Morgan fingerprint density at radius 3 is 2.20 bits per heavy atom.